The molecule has 0 unspecified atom stereocenters. The zero-order valence-electron chi connectivity index (χ0n) is 14.0. The molecule has 1 rings (SSSR count). The first kappa shape index (κ1) is 17.7. The van der Waals surface area contributed by atoms with Crippen LogP contribution in [0.25, 0.3) is 0 Å². The van der Waals surface area contributed by atoms with Gasteiger partial charge < -0.3 is 19.5 Å². The molecule has 0 aliphatic heterocycles. The molecular weight excluding hydrogens is 266 g/mol. The Morgan fingerprint density at radius 3 is 2.52 bits per heavy atom. The number of furan rings is 1. The summed E-state index contributed by atoms with van der Waals surface area (Å²) in [5.74, 6) is 1.89. The summed E-state index contributed by atoms with van der Waals surface area (Å²) in [5.41, 5.74) is 0. The van der Waals surface area contributed by atoms with Crippen LogP contribution in [-0.2, 0) is 11.3 Å². The Bertz CT molecular complexity index is 427. The van der Waals surface area contributed by atoms with E-state index >= 15 is 0 Å². The van der Waals surface area contributed by atoms with Crippen LogP contribution >= 0.6 is 0 Å². The zero-order chi connectivity index (χ0) is 15.8. The van der Waals surface area contributed by atoms with E-state index < -0.39 is 0 Å². The molecule has 0 aromatic carbocycles. The number of carbonyl (C=O) groups is 1. The van der Waals surface area contributed by atoms with Crippen molar-refractivity contribution in [2.75, 3.05) is 33.7 Å². The van der Waals surface area contributed by atoms with Crippen LogP contribution in [0.3, 0.4) is 0 Å². The molecule has 0 spiro atoms. The molecule has 0 aliphatic carbocycles. The predicted octanol–water partition coefficient (Wildman–Crippen LogP) is 1.87. The van der Waals surface area contributed by atoms with Crippen molar-refractivity contribution in [1.29, 1.82) is 0 Å². The standard InChI is InChI=1S/C16H29N3O2/c1-13(2)17-9-8-16(20)19(11-10-18(4)5)12-15-7-6-14(3)21-15/h6-7,13,17H,8-12H2,1-5H3. The van der Waals surface area contributed by atoms with E-state index in [0.717, 1.165) is 18.1 Å². The number of rotatable bonds is 9. The number of nitrogens with one attached hydrogen (secondary N) is 1. The van der Waals surface area contributed by atoms with E-state index in [1.807, 2.05) is 38.1 Å². The molecule has 5 nitrogen and oxygen atoms in total. The Morgan fingerprint density at radius 1 is 1.29 bits per heavy atom. The van der Waals surface area contributed by atoms with Gasteiger partial charge in [-0.25, -0.2) is 0 Å². The van der Waals surface area contributed by atoms with E-state index in [4.69, 9.17) is 4.42 Å². The number of aryl methyl sites for hydroxylation is 1. The van der Waals surface area contributed by atoms with E-state index in [2.05, 4.69) is 24.1 Å². The van der Waals surface area contributed by atoms with Gasteiger partial charge in [0.05, 0.1) is 6.54 Å². The van der Waals surface area contributed by atoms with Gasteiger partial charge in [0, 0.05) is 32.1 Å². The van der Waals surface area contributed by atoms with Crippen LogP contribution in [0.2, 0.25) is 0 Å². The summed E-state index contributed by atoms with van der Waals surface area (Å²) in [6.07, 6.45) is 0.519. The van der Waals surface area contributed by atoms with E-state index in [1.54, 1.807) is 0 Å². The molecule has 1 aromatic heterocycles. The molecule has 120 valence electrons. The van der Waals surface area contributed by atoms with Crippen molar-refractivity contribution < 1.29 is 9.21 Å². The largest absolute Gasteiger partial charge is 0.464 e. The molecule has 5 heteroatoms. The van der Waals surface area contributed by atoms with Gasteiger partial charge in [0.1, 0.15) is 11.5 Å². The minimum atomic E-state index is 0.166. The van der Waals surface area contributed by atoms with Crippen LogP contribution in [0.15, 0.2) is 16.5 Å². The molecule has 1 N–H and O–H groups in total. The topological polar surface area (TPSA) is 48.7 Å². The molecule has 1 heterocycles. The van der Waals surface area contributed by atoms with Gasteiger partial charge in [0.15, 0.2) is 0 Å². The fourth-order valence-electron chi connectivity index (χ4n) is 2.00. The molecule has 0 saturated carbocycles. The van der Waals surface area contributed by atoms with E-state index in [1.165, 1.54) is 0 Å². The summed E-state index contributed by atoms with van der Waals surface area (Å²) in [6.45, 7) is 8.91. The Morgan fingerprint density at radius 2 is 2.00 bits per heavy atom. The Kier molecular flexibility index (Phi) is 7.47. The number of likely N-dealkylation sites (N-methyl/N-ethyl adjacent to an activating group) is 1. The second kappa shape index (κ2) is 8.85. The maximum absolute atomic E-state index is 12.4. The molecule has 1 aromatic rings. The lowest BCUT2D eigenvalue weighted by atomic mass is 10.3. The number of nitrogens with zero attached hydrogens (tertiary/aromatic N) is 2. The minimum absolute atomic E-state index is 0.166. The third kappa shape index (κ3) is 7.29. The zero-order valence-corrected chi connectivity index (χ0v) is 14.0. The Labute approximate surface area is 128 Å². The van der Waals surface area contributed by atoms with Gasteiger partial charge in [-0.05, 0) is 33.2 Å². The molecule has 0 atom stereocenters. The minimum Gasteiger partial charge on any atom is -0.464 e. The van der Waals surface area contributed by atoms with E-state index in [0.29, 0.717) is 32.1 Å². The fourth-order valence-corrected chi connectivity index (χ4v) is 2.00. The van der Waals surface area contributed by atoms with Gasteiger partial charge in [-0.1, -0.05) is 13.8 Å². The van der Waals surface area contributed by atoms with Crippen molar-refractivity contribution >= 4 is 5.91 Å². The summed E-state index contributed by atoms with van der Waals surface area (Å²) < 4.78 is 5.59. The summed E-state index contributed by atoms with van der Waals surface area (Å²) in [6, 6.07) is 4.28. The van der Waals surface area contributed by atoms with Gasteiger partial charge in [0.25, 0.3) is 0 Å². The van der Waals surface area contributed by atoms with Gasteiger partial charge >= 0.3 is 0 Å². The van der Waals surface area contributed by atoms with Crippen molar-refractivity contribution in [2.24, 2.45) is 0 Å². The number of hydrogen-bond donors (Lipinski definition) is 1. The second-order valence-electron chi connectivity index (χ2n) is 5.99. The molecule has 0 saturated heterocycles. The number of hydrogen-bond acceptors (Lipinski definition) is 4. The first-order valence-electron chi connectivity index (χ1n) is 7.59. The Hall–Kier alpha value is -1.33. The van der Waals surface area contributed by atoms with Crippen LogP contribution < -0.4 is 5.32 Å². The van der Waals surface area contributed by atoms with Gasteiger partial charge in [-0.15, -0.1) is 0 Å². The molecule has 1 amide bonds. The highest BCUT2D eigenvalue weighted by Crippen LogP contribution is 2.10. The summed E-state index contributed by atoms with van der Waals surface area (Å²) in [4.78, 5) is 16.3. The molecule has 0 bridgehead atoms. The average molecular weight is 295 g/mol. The molecule has 21 heavy (non-hydrogen) atoms. The fraction of sp³-hybridized carbons (Fsp3) is 0.688. The van der Waals surface area contributed by atoms with Crippen molar-refractivity contribution in [3.05, 3.63) is 23.7 Å². The second-order valence-corrected chi connectivity index (χ2v) is 5.99. The number of amides is 1. The highest BCUT2D eigenvalue weighted by molar-refractivity contribution is 5.76. The van der Waals surface area contributed by atoms with Gasteiger partial charge in [-0.3, -0.25) is 4.79 Å². The first-order chi connectivity index (χ1) is 9.88. The highest BCUT2D eigenvalue weighted by atomic mass is 16.3. The molecule has 0 aliphatic rings. The quantitative estimate of drug-likeness (QED) is 0.755. The monoisotopic (exact) mass is 295 g/mol. The van der Waals surface area contributed by atoms with Gasteiger partial charge in [-0.2, -0.15) is 0 Å². The highest BCUT2D eigenvalue weighted by Gasteiger charge is 2.15. The Balaban J connectivity index is 2.56. The number of carbonyl (C=O) groups excluding carboxylic acids is 1. The smallest absolute Gasteiger partial charge is 0.224 e. The third-order valence-corrected chi connectivity index (χ3v) is 3.20. The van der Waals surface area contributed by atoms with Crippen LogP contribution in [0, 0.1) is 6.92 Å². The summed E-state index contributed by atoms with van der Waals surface area (Å²) >= 11 is 0. The maximum Gasteiger partial charge on any atom is 0.224 e. The maximum atomic E-state index is 12.4. The molecule has 0 radical (unpaired) electrons. The lowest BCUT2D eigenvalue weighted by Gasteiger charge is -2.24. The third-order valence-electron chi connectivity index (χ3n) is 3.20. The lowest BCUT2D eigenvalue weighted by molar-refractivity contribution is -0.132. The van der Waals surface area contributed by atoms with Crippen molar-refractivity contribution in [3.8, 4) is 0 Å². The molecule has 0 fully saturated rings. The van der Waals surface area contributed by atoms with Crippen LogP contribution in [-0.4, -0.2) is 55.5 Å². The van der Waals surface area contributed by atoms with Crippen LogP contribution in [0.4, 0.5) is 0 Å². The van der Waals surface area contributed by atoms with Crippen LogP contribution in [0.5, 0.6) is 0 Å². The predicted molar refractivity (Wildman–Crippen MR) is 85.2 cm³/mol. The summed E-state index contributed by atoms with van der Waals surface area (Å²) in [5, 5.41) is 3.28. The SMILES string of the molecule is Cc1ccc(CN(CCN(C)C)C(=O)CCNC(C)C)o1. The normalized spacial score (nSPS) is 11.4. The van der Waals surface area contributed by atoms with Crippen molar-refractivity contribution in [2.45, 2.75) is 39.8 Å². The van der Waals surface area contributed by atoms with Gasteiger partial charge in [0.2, 0.25) is 5.91 Å². The van der Waals surface area contributed by atoms with Crippen molar-refractivity contribution in [1.82, 2.24) is 15.1 Å². The first-order valence-corrected chi connectivity index (χ1v) is 7.59. The van der Waals surface area contributed by atoms with Crippen LogP contribution in [0.1, 0.15) is 31.8 Å². The average Bonchev–Trinajstić information content (AvgIpc) is 2.79. The van der Waals surface area contributed by atoms with Crippen molar-refractivity contribution in [3.63, 3.8) is 0 Å². The molecular formula is C16H29N3O2. The van der Waals surface area contributed by atoms with E-state index in [-0.39, 0.29) is 5.91 Å². The lowest BCUT2D eigenvalue weighted by Crippen LogP contribution is -2.38. The van der Waals surface area contributed by atoms with E-state index in [9.17, 15) is 4.79 Å². The summed E-state index contributed by atoms with van der Waals surface area (Å²) in [7, 11) is 4.03.